The summed E-state index contributed by atoms with van der Waals surface area (Å²) in [4.78, 5) is 19.4. The standard InChI is InChI=1S/C27H31N5O3/c1-2-23-30-31-26(35-23)24-19-14-32(15-20(19)24)27(34)22-10-8-16(13-28-22)12-18-9-11-21(29-18)25(33)17-6-4-3-5-7-17/h3-8,10,13,18-21,24-25,29,33H,2,9,11-12,14-15H2,1H3/t18-,19?,20?,21+,24?,25+/m0/s1. The zero-order valence-corrected chi connectivity index (χ0v) is 19.9. The molecule has 6 rings (SSSR count). The lowest BCUT2D eigenvalue weighted by atomic mass is 10.0. The molecule has 1 aromatic carbocycles. The summed E-state index contributed by atoms with van der Waals surface area (Å²) in [6, 6.07) is 14.0. The van der Waals surface area contributed by atoms with Crippen LogP contribution in [0.2, 0.25) is 0 Å². The predicted octanol–water partition coefficient (Wildman–Crippen LogP) is 2.91. The summed E-state index contributed by atoms with van der Waals surface area (Å²) in [5.41, 5.74) is 2.54. The molecule has 0 bridgehead atoms. The minimum absolute atomic E-state index is 0.00712. The van der Waals surface area contributed by atoms with Crippen LogP contribution in [0.25, 0.3) is 0 Å². The van der Waals surface area contributed by atoms with E-state index in [4.69, 9.17) is 4.42 Å². The third kappa shape index (κ3) is 4.36. The van der Waals surface area contributed by atoms with E-state index in [1.807, 2.05) is 60.5 Å². The van der Waals surface area contributed by atoms with Crippen molar-refractivity contribution < 1.29 is 14.3 Å². The van der Waals surface area contributed by atoms with Crippen molar-refractivity contribution in [3.05, 3.63) is 77.3 Å². The van der Waals surface area contributed by atoms with Crippen molar-refractivity contribution in [2.75, 3.05) is 13.1 Å². The molecule has 35 heavy (non-hydrogen) atoms. The van der Waals surface area contributed by atoms with Crippen molar-refractivity contribution in [1.29, 1.82) is 0 Å². The van der Waals surface area contributed by atoms with E-state index in [-0.39, 0.29) is 11.9 Å². The van der Waals surface area contributed by atoms with E-state index < -0.39 is 6.10 Å². The molecular weight excluding hydrogens is 442 g/mol. The Morgan fingerprint density at radius 2 is 1.94 bits per heavy atom. The maximum atomic E-state index is 13.0. The maximum absolute atomic E-state index is 13.0. The van der Waals surface area contributed by atoms with E-state index in [0.717, 1.165) is 55.8 Å². The first kappa shape index (κ1) is 22.4. The fourth-order valence-corrected chi connectivity index (χ4v) is 5.86. The topological polar surface area (TPSA) is 104 Å². The fourth-order valence-electron chi connectivity index (χ4n) is 5.86. The molecule has 2 unspecified atom stereocenters. The van der Waals surface area contributed by atoms with Crippen LogP contribution in [-0.2, 0) is 12.8 Å². The number of pyridine rings is 1. The number of aliphatic hydroxyl groups excluding tert-OH is 1. The quantitative estimate of drug-likeness (QED) is 0.544. The summed E-state index contributed by atoms with van der Waals surface area (Å²) in [5, 5.41) is 22.5. The number of aryl methyl sites for hydroxylation is 1. The van der Waals surface area contributed by atoms with Gasteiger partial charge in [0.15, 0.2) is 0 Å². The van der Waals surface area contributed by atoms with Gasteiger partial charge in [-0.2, -0.15) is 0 Å². The SMILES string of the molecule is CCc1nnc(C2C3CN(C(=O)c4ccc(C[C@@H]5CC[C@H]([C@H](O)c6ccccc6)N5)cn4)CC32)o1. The molecule has 8 heteroatoms. The minimum atomic E-state index is -0.501. The second kappa shape index (κ2) is 9.17. The van der Waals surface area contributed by atoms with Crippen LogP contribution in [0, 0.1) is 11.8 Å². The molecule has 1 saturated carbocycles. The Balaban J connectivity index is 1.01. The highest BCUT2D eigenvalue weighted by atomic mass is 16.4. The molecule has 2 aliphatic heterocycles. The zero-order valence-electron chi connectivity index (χ0n) is 19.9. The van der Waals surface area contributed by atoms with Gasteiger partial charge >= 0.3 is 0 Å². The molecule has 2 N–H and O–H groups in total. The first-order valence-electron chi connectivity index (χ1n) is 12.7. The number of hydrogen-bond donors (Lipinski definition) is 2. The number of amides is 1. The Morgan fingerprint density at radius 1 is 1.14 bits per heavy atom. The number of carbonyl (C=O) groups is 1. The third-order valence-corrected chi connectivity index (χ3v) is 7.88. The predicted molar refractivity (Wildman–Crippen MR) is 129 cm³/mol. The number of piperidine rings is 1. The largest absolute Gasteiger partial charge is 0.425 e. The van der Waals surface area contributed by atoms with Gasteiger partial charge in [0.2, 0.25) is 11.8 Å². The van der Waals surface area contributed by atoms with Crippen molar-refractivity contribution >= 4 is 5.91 Å². The van der Waals surface area contributed by atoms with E-state index in [9.17, 15) is 9.90 Å². The van der Waals surface area contributed by atoms with E-state index in [0.29, 0.717) is 35.4 Å². The molecule has 5 atom stereocenters. The van der Waals surface area contributed by atoms with E-state index in [1.54, 1.807) is 0 Å². The molecule has 4 heterocycles. The lowest BCUT2D eigenvalue weighted by Crippen LogP contribution is -2.35. The molecule has 1 aliphatic carbocycles. The monoisotopic (exact) mass is 473 g/mol. The van der Waals surface area contributed by atoms with Crippen molar-refractivity contribution in [1.82, 2.24) is 25.4 Å². The summed E-state index contributed by atoms with van der Waals surface area (Å²) >= 11 is 0. The van der Waals surface area contributed by atoms with Crippen LogP contribution in [0.3, 0.4) is 0 Å². The van der Waals surface area contributed by atoms with Gasteiger partial charge in [0, 0.05) is 43.7 Å². The van der Waals surface area contributed by atoms with Crippen LogP contribution < -0.4 is 5.32 Å². The first-order valence-corrected chi connectivity index (χ1v) is 12.7. The molecule has 3 aliphatic rings. The number of benzene rings is 1. The number of nitrogens with zero attached hydrogens (tertiary/aromatic N) is 4. The summed E-state index contributed by atoms with van der Waals surface area (Å²) in [6.45, 7) is 3.44. The number of likely N-dealkylation sites (tertiary alicyclic amines) is 1. The van der Waals surface area contributed by atoms with Crippen LogP contribution in [0.15, 0.2) is 53.1 Å². The van der Waals surface area contributed by atoms with Gasteiger partial charge in [-0.25, -0.2) is 0 Å². The number of nitrogens with one attached hydrogen (secondary N) is 1. The van der Waals surface area contributed by atoms with Crippen LogP contribution in [-0.4, -0.2) is 56.3 Å². The van der Waals surface area contributed by atoms with Gasteiger partial charge in [0.05, 0.1) is 6.10 Å². The van der Waals surface area contributed by atoms with Crippen molar-refractivity contribution in [2.45, 2.75) is 56.7 Å². The third-order valence-electron chi connectivity index (χ3n) is 7.88. The summed E-state index contributed by atoms with van der Waals surface area (Å²) in [5.74, 6) is 2.52. The molecule has 2 aromatic heterocycles. The van der Waals surface area contributed by atoms with E-state index in [1.165, 1.54) is 0 Å². The van der Waals surface area contributed by atoms with E-state index in [2.05, 4.69) is 20.5 Å². The smallest absolute Gasteiger partial charge is 0.272 e. The number of aromatic nitrogens is 3. The van der Waals surface area contributed by atoms with Crippen molar-refractivity contribution in [3.63, 3.8) is 0 Å². The molecule has 3 aromatic rings. The van der Waals surface area contributed by atoms with Crippen LogP contribution in [0.1, 0.15) is 65.2 Å². The van der Waals surface area contributed by atoms with Gasteiger partial charge in [-0.3, -0.25) is 9.78 Å². The van der Waals surface area contributed by atoms with Gasteiger partial charge in [-0.05, 0) is 48.3 Å². The molecule has 0 radical (unpaired) electrons. The summed E-state index contributed by atoms with van der Waals surface area (Å²) in [7, 11) is 0. The second-order valence-electron chi connectivity index (χ2n) is 10.1. The maximum Gasteiger partial charge on any atom is 0.272 e. The lowest BCUT2D eigenvalue weighted by Gasteiger charge is -2.21. The normalized spacial score (nSPS) is 28.2. The highest BCUT2D eigenvalue weighted by Crippen LogP contribution is 2.57. The molecule has 3 fully saturated rings. The Kier molecular flexibility index (Phi) is 5.86. The number of carbonyl (C=O) groups excluding carboxylic acids is 1. The van der Waals surface area contributed by atoms with Gasteiger partial charge < -0.3 is 19.7 Å². The first-order chi connectivity index (χ1) is 17.1. The summed E-state index contributed by atoms with van der Waals surface area (Å²) in [6.07, 6.45) is 4.84. The Labute approximate surface area is 204 Å². The fraction of sp³-hybridized carbons (Fsp3) is 0.481. The van der Waals surface area contributed by atoms with Crippen molar-refractivity contribution in [2.24, 2.45) is 11.8 Å². The van der Waals surface area contributed by atoms with Crippen LogP contribution in [0.5, 0.6) is 0 Å². The molecule has 182 valence electrons. The zero-order chi connectivity index (χ0) is 23.9. The average molecular weight is 474 g/mol. The molecule has 8 nitrogen and oxygen atoms in total. The molecule has 0 spiro atoms. The Bertz CT molecular complexity index is 1170. The summed E-state index contributed by atoms with van der Waals surface area (Å²) < 4.78 is 5.73. The van der Waals surface area contributed by atoms with Crippen LogP contribution >= 0.6 is 0 Å². The minimum Gasteiger partial charge on any atom is -0.425 e. The van der Waals surface area contributed by atoms with Gasteiger partial charge in [0.1, 0.15) is 5.69 Å². The van der Waals surface area contributed by atoms with Crippen LogP contribution in [0.4, 0.5) is 0 Å². The number of rotatable bonds is 7. The number of fused-ring (bicyclic) bond motifs is 1. The highest BCUT2D eigenvalue weighted by molar-refractivity contribution is 5.92. The van der Waals surface area contributed by atoms with Gasteiger partial charge in [0.25, 0.3) is 5.91 Å². The van der Waals surface area contributed by atoms with E-state index >= 15 is 0 Å². The van der Waals surface area contributed by atoms with Gasteiger partial charge in [-0.1, -0.05) is 43.3 Å². The number of hydrogen-bond acceptors (Lipinski definition) is 7. The Morgan fingerprint density at radius 3 is 2.63 bits per heavy atom. The molecular formula is C27H31N5O3. The lowest BCUT2D eigenvalue weighted by molar-refractivity contribution is 0.0765. The van der Waals surface area contributed by atoms with Gasteiger partial charge in [-0.15, -0.1) is 10.2 Å². The Hall–Kier alpha value is -3.10. The molecule has 1 amide bonds. The highest BCUT2D eigenvalue weighted by Gasteiger charge is 2.60. The second-order valence-corrected chi connectivity index (χ2v) is 10.1. The molecule has 2 saturated heterocycles. The van der Waals surface area contributed by atoms with Crippen molar-refractivity contribution in [3.8, 4) is 0 Å². The number of aliphatic hydroxyl groups is 1. The average Bonchev–Trinajstić information content (AvgIpc) is 3.37.